The highest BCUT2D eigenvalue weighted by Crippen LogP contribution is 2.16. The van der Waals surface area contributed by atoms with Crippen LogP contribution in [0.5, 0.6) is 0 Å². The first-order chi connectivity index (χ1) is 5.52. The van der Waals surface area contributed by atoms with Gasteiger partial charge in [-0.05, 0) is 0 Å². The fourth-order valence-corrected chi connectivity index (χ4v) is 1.26. The summed E-state index contributed by atoms with van der Waals surface area (Å²) in [5.41, 5.74) is 5.01. The Bertz CT molecular complexity index is 195. The van der Waals surface area contributed by atoms with Crippen LogP contribution in [-0.4, -0.2) is 40.5 Å². The van der Waals surface area contributed by atoms with Gasteiger partial charge in [0.2, 0.25) is 11.8 Å². The summed E-state index contributed by atoms with van der Waals surface area (Å²) in [6, 6.07) is -0.752. The Balaban J connectivity index is 2.72. The van der Waals surface area contributed by atoms with E-state index < -0.39 is 18.1 Å². The highest BCUT2D eigenvalue weighted by molar-refractivity contribution is 5.87. The number of rotatable bonds is 1. The van der Waals surface area contributed by atoms with Crippen molar-refractivity contribution < 1.29 is 14.7 Å². The van der Waals surface area contributed by atoms with E-state index in [1.54, 1.807) is 0 Å². The molecule has 1 aliphatic heterocycles. The number of nitrogens with zero attached hydrogens (tertiary/aromatic N) is 1. The molecule has 5 nitrogen and oxygen atoms in total. The van der Waals surface area contributed by atoms with Crippen LogP contribution in [0.2, 0.25) is 0 Å². The zero-order chi connectivity index (χ0) is 9.30. The van der Waals surface area contributed by atoms with E-state index in [1.807, 2.05) is 0 Å². The largest absolute Gasteiger partial charge is 0.391 e. The van der Waals surface area contributed by atoms with Gasteiger partial charge in [0.1, 0.15) is 6.04 Å². The van der Waals surface area contributed by atoms with Crippen molar-refractivity contribution >= 4 is 11.8 Å². The van der Waals surface area contributed by atoms with Crippen molar-refractivity contribution in [2.24, 2.45) is 5.73 Å². The number of likely N-dealkylation sites (tertiary alicyclic amines) is 1. The molecule has 5 heteroatoms. The monoisotopic (exact) mass is 171 g/mol. The average Bonchev–Trinajstić information content (AvgIpc) is 2.31. The number of carbonyl (C=O) groups is 2. The molecule has 1 radical (unpaired) electrons. The van der Waals surface area contributed by atoms with Crippen molar-refractivity contribution in [3.05, 3.63) is 6.42 Å². The minimum absolute atomic E-state index is 0.156. The van der Waals surface area contributed by atoms with E-state index in [1.165, 1.54) is 18.2 Å². The van der Waals surface area contributed by atoms with E-state index in [2.05, 4.69) is 0 Å². The maximum Gasteiger partial charge on any atom is 0.240 e. The summed E-state index contributed by atoms with van der Waals surface area (Å²) in [5.74, 6) is -0.867. The van der Waals surface area contributed by atoms with Crippen LogP contribution in [0.1, 0.15) is 6.92 Å². The van der Waals surface area contributed by atoms with Crippen LogP contribution < -0.4 is 5.73 Å². The summed E-state index contributed by atoms with van der Waals surface area (Å²) in [6.07, 6.45) is 0.621. The molecule has 67 valence electrons. The first-order valence-corrected chi connectivity index (χ1v) is 3.62. The lowest BCUT2D eigenvalue weighted by molar-refractivity contribution is -0.135. The van der Waals surface area contributed by atoms with Gasteiger partial charge < -0.3 is 15.7 Å². The number of amides is 2. The standard InChI is InChI=1S/C7H11N2O3/c1-4(10)9-3-5(11)2-6(9)7(8)12/h2,5-6,11H,3H2,1H3,(H2,8,12). The molecule has 1 rings (SSSR count). The van der Waals surface area contributed by atoms with Crippen molar-refractivity contribution in [2.75, 3.05) is 6.54 Å². The minimum atomic E-state index is -0.752. The summed E-state index contributed by atoms with van der Waals surface area (Å²) in [5, 5.41) is 9.11. The molecular weight excluding hydrogens is 160 g/mol. The number of carbonyl (C=O) groups excluding carboxylic acids is 2. The smallest absolute Gasteiger partial charge is 0.240 e. The third-order valence-corrected chi connectivity index (χ3v) is 1.82. The molecular formula is C7H11N2O3. The van der Waals surface area contributed by atoms with Gasteiger partial charge in [0.25, 0.3) is 0 Å². The molecule has 12 heavy (non-hydrogen) atoms. The van der Waals surface area contributed by atoms with E-state index in [4.69, 9.17) is 10.8 Å². The quantitative estimate of drug-likeness (QED) is 0.491. The molecule has 0 spiro atoms. The Morgan fingerprint density at radius 3 is 2.58 bits per heavy atom. The van der Waals surface area contributed by atoms with Crippen LogP contribution in [-0.2, 0) is 9.59 Å². The van der Waals surface area contributed by atoms with E-state index in [-0.39, 0.29) is 12.5 Å². The zero-order valence-corrected chi connectivity index (χ0v) is 6.73. The van der Waals surface area contributed by atoms with Gasteiger partial charge in [-0.1, -0.05) is 0 Å². The van der Waals surface area contributed by atoms with E-state index >= 15 is 0 Å². The highest BCUT2D eigenvalue weighted by atomic mass is 16.3. The molecule has 2 amide bonds. The highest BCUT2D eigenvalue weighted by Gasteiger charge is 2.36. The molecule has 3 N–H and O–H groups in total. The molecule has 0 saturated carbocycles. The maximum atomic E-state index is 10.9. The van der Waals surface area contributed by atoms with Gasteiger partial charge in [-0.25, -0.2) is 0 Å². The van der Waals surface area contributed by atoms with Crippen molar-refractivity contribution in [1.29, 1.82) is 0 Å². The van der Waals surface area contributed by atoms with Gasteiger partial charge in [-0.2, -0.15) is 0 Å². The number of nitrogens with two attached hydrogens (primary N) is 1. The molecule has 2 atom stereocenters. The lowest BCUT2D eigenvalue weighted by Gasteiger charge is -2.19. The Morgan fingerprint density at radius 1 is 1.67 bits per heavy atom. The number of hydrogen-bond acceptors (Lipinski definition) is 3. The van der Waals surface area contributed by atoms with E-state index in [0.717, 1.165) is 0 Å². The van der Waals surface area contributed by atoms with Crippen LogP contribution in [0.4, 0.5) is 0 Å². The van der Waals surface area contributed by atoms with Crippen LogP contribution >= 0.6 is 0 Å². The Hall–Kier alpha value is -1.10. The van der Waals surface area contributed by atoms with E-state index in [9.17, 15) is 9.59 Å². The fraction of sp³-hybridized carbons (Fsp3) is 0.571. The molecule has 0 aromatic rings. The summed E-state index contributed by atoms with van der Waals surface area (Å²) in [4.78, 5) is 22.9. The normalized spacial score (nSPS) is 29.0. The van der Waals surface area contributed by atoms with Gasteiger partial charge in [0.05, 0.1) is 6.10 Å². The van der Waals surface area contributed by atoms with Crippen molar-refractivity contribution in [3.63, 3.8) is 0 Å². The number of β-amino-alcohol motifs (C(OH)–C–C–N with tert-alkyl or cyclic N) is 1. The lowest BCUT2D eigenvalue weighted by Crippen LogP contribution is -2.42. The van der Waals surface area contributed by atoms with Gasteiger partial charge in [0.15, 0.2) is 0 Å². The molecule has 0 bridgehead atoms. The summed E-state index contributed by atoms with van der Waals surface area (Å²) >= 11 is 0. The molecule has 1 saturated heterocycles. The lowest BCUT2D eigenvalue weighted by atomic mass is 10.2. The Morgan fingerprint density at radius 2 is 2.25 bits per heavy atom. The minimum Gasteiger partial charge on any atom is -0.391 e. The molecule has 0 aliphatic carbocycles. The Kier molecular flexibility index (Phi) is 2.32. The molecule has 1 heterocycles. The predicted octanol–water partition coefficient (Wildman–Crippen LogP) is -1.73. The van der Waals surface area contributed by atoms with Gasteiger partial charge in [-0.3, -0.25) is 9.59 Å². The molecule has 2 unspecified atom stereocenters. The van der Waals surface area contributed by atoms with Crippen molar-refractivity contribution in [2.45, 2.75) is 19.1 Å². The molecule has 1 aliphatic rings. The first-order valence-electron chi connectivity index (χ1n) is 3.62. The van der Waals surface area contributed by atoms with Crippen molar-refractivity contribution in [1.82, 2.24) is 4.90 Å². The van der Waals surface area contributed by atoms with Gasteiger partial charge in [0, 0.05) is 19.9 Å². The Labute approximate surface area is 70.1 Å². The third-order valence-electron chi connectivity index (χ3n) is 1.82. The second-order valence-electron chi connectivity index (χ2n) is 2.78. The first kappa shape index (κ1) is 8.99. The second kappa shape index (κ2) is 3.10. The topological polar surface area (TPSA) is 83.6 Å². The van der Waals surface area contributed by atoms with Crippen LogP contribution in [0, 0.1) is 6.42 Å². The SMILES string of the molecule is CC(=O)N1CC(O)[CH]C1C(N)=O. The number of aliphatic hydroxyl groups excluding tert-OH is 1. The number of primary amides is 1. The van der Waals surface area contributed by atoms with Crippen LogP contribution in [0.3, 0.4) is 0 Å². The van der Waals surface area contributed by atoms with E-state index in [0.29, 0.717) is 0 Å². The second-order valence-corrected chi connectivity index (χ2v) is 2.78. The van der Waals surface area contributed by atoms with Gasteiger partial charge in [-0.15, -0.1) is 0 Å². The van der Waals surface area contributed by atoms with Gasteiger partial charge >= 0.3 is 0 Å². The molecule has 1 fully saturated rings. The average molecular weight is 171 g/mol. The van der Waals surface area contributed by atoms with Crippen LogP contribution in [0.25, 0.3) is 0 Å². The molecule has 0 aromatic carbocycles. The third kappa shape index (κ3) is 1.55. The summed E-state index contributed by atoms with van der Waals surface area (Å²) in [6.45, 7) is 1.49. The fourth-order valence-electron chi connectivity index (χ4n) is 1.26. The van der Waals surface area contributed by atoms with Crippen LogP contribution in [0.15, 0.2) is 0 Å². The van der Waals surface area contributed by atoms with Crippen molar-refractivity contribution in [3.8, 4) is 0 Å². The predicted molar refractivity (Wildman–Crippen MR) is 40.7 cm³/mol. The number of aliphatic hydroxyl groups is 1. The number of hydrogen-bond donors (Lipinski definition) is 2. The molecule has 0 aromatic heterocycles. The summed E-state index contributed by atoms with van der Waals surface area (Å²) in [7, 11) is 0. The maximum absolute atomic E-state index is 10.9. The summed E-state index contributed by atoms with van der Waals surface area (Å²) < 4.78 is 0. The zero-order valence-electron chi connectivity index (χ0n) is 6.73.